The minimum absolute atomic E-state index is 0.304. The van der Waals surface area contributed by atoms with Gasteiger partial charge < -0.3 is 11.1 Å². The molecule has 0 spiro atoms. The summed E-state index contributed by atoms with van der Waals surface area (Å²) in [7, 11) is 0. The second-order valence-corrected chi connectivity index (χ2v) is 4.49. The highest BCUT2D eigenvalue weighted by atomic mass is 32.1. The van der Waals surface area contributed by atoms with Crippen LogP contribution in [0.1, 0.15) is 16.7 Å². The number of anilines is 2. The molecule has 0 unspecified atom stereocenters. The van der Waals surface area contributed by atoms with E-state index in [9.17, 15) is 0 Å². The first kappa shape index (κ1) is 12.4. The Kier molecular flexibility index (Phi) is 3.53. The number of aromatic nitrogens is 2. The van der Waals surface area contributed by atoms with Crippen molar-refractivity contribution in [1.82, 2.24) is 10.2 Å². The molecule has 0 aliphatic carbocycles. The van der Waals surface area contributed by atoms with Crippen molar-refractivity contribution in [2.75, 3.05) is 5.32 Å². The van der Waals surface area contributed by atoms with Crippen molar-refractivity contribution in [3.05, 3.63) is 47.2 Å². The number of rotatable bonds is 3. The van der Waals surface area contributed by atoms with Gasteiger partial charge in [-0.2, -0.15) is 5.10 Å². The molecule has 0 atom stereocenters. The second kappa shape index (κ2) is 5.10. The molecule has 0 fully saturated rings. The maximum absolute atomic E-state index is 5.67. The first-order chi connectivity index (χ1) is 8.59. The average molecular weight is 258 g/mol. The molecule has 0 saturated heterocycles. The lowest BCUT2D eigenvalue weighted by molar-refractivity contribution is 1.03. The summed E-state index contributed by atoms with van der Waals surface area (Å²) >= 11 is 5.00. The fourth-order valence-electron chi connectivity index (χ4n) is 1.75. The highest BCUT2D eigenvalue weighted by Gasteiger charge is 2.09. The molecule has 2 rings (SSSR count). The molecule has 0 aliphatic rings. The Morgan fingerprint density at radius 3 is 2.50 bits per heavy atom. The summed E-state index contributed by atoms with van der Waals surface area (Å²) in [6.07, 6.45) is 1.57. The fourth-order valence-corrected chi connectivity index (χ4v) is 1.92. The van der Waals surface area contributed by atoms with E-state index in [0.717, 1.165) is 16.8 Å². The van der Waals surface area contributed by atoms with Crippen LogP contribution < -0.4 is 11.1 Å². The number of aryl methyl sites for hydroxylation is 2. The Labute approximate surface area is 111 Å². The van der Waals surface area contributed by atoms with E-state index >= 15 is 0 Å². The second-order valence-electron chi connectivity index (χ2n) is 4.05. The lowest BCUT2D eigenvalue weighted by Gasteiger charge is -2.13. The Morgan fingerprint density at radius 1 is 1.22 bits per heavy atom. The van der Waals surface area contributed by atoms with E-state index < -0.39 is 0 Å². The maximum atomic E-state index is 5.67. The summed E-state index contributed by atoms with van der Waals surface area (Å²) in [5, 5.41) is 11.2. The normalized spacial score (nSPS) is 10.1. The lowest BCUT2D eigenvalue weighted by atomic mass is 10.1. The molecule has 4 nitrogen and oxygen atoms in total. The van der Waals surface area contributed by atoms with Gasteiger partial charge in [0.15, 0.2) is 5.82 Å². The molecule has 0 radical (unpaired) electrons. The Hall–Kier alpha value is -2.01. The van der Waals surface area contributed by atoms with Crippen LogP contribution in [0.25, 0.3) is 0 Å². The number of nitrogens with one attached hydrogen (secondary N) is 1. The molecule has 2 aromatic rings. The third-order valence-corrected chi connectivity index (χ3v) is 2.93. The fraction of sp³-hybridized carbons (Fsp3) is 0.154. The monoisotopic (exact) mass is 258 g/mol. The molecule has 18 heavy (non-hydrogen) atoms. The summed E-state index contributed by atoms with van der Waals surface area (Å²) in [5.41, 5.74) is 9.64. The predicted octanol–water partition coefficient (Wildman–Crippen LogP) is 2.47. The predicted molar refractivity (Wildman–Crippen MR) is 77.1 cm³/mol. The van der Waals surface area contributed by atoms with E-state index in [1.165, 1.54) is 0 Å². The molecule has 1 aromatic carbocycles. The van der Waals surface area contributed by atoms with Gasteiger partial charge >= 0.3 is 0 Å². The van der Waals surface area contributed by atoms with Gasteiger partial charge in [0.2, 0.25) is 0 Å². The quantitative estimate of drug-likeness (QED) is 0.828. The van der Waals surface area contributed by atoms with E-state index in [-0.39, 0.29) is 0 Å². The topological polar surface area (TPSA) is 63.8 Å². The zero-order valence-corrected chi connectivity index (χ0v) is 11.1. The molecule has 5 heteroatoms. The van der Waals surface area contributed by atoms with E-state index in [1.807, 2.05) is 32.0 Å². The zero-order chi connectivity index (χ0) is 13.1. The van der Waals surface area contributed by atoms with Crippen LogP contribution in [0.5, 0.6) is 0 Å². The molecule has 0 bridgehead atoms. The van der Waals surface area contributed by atoms with Crippen molar-refractivity contribution in [3.63, 3.8) is 0 Å². The Balaban J connectivity index is 2.43. The molecule has 92 valence electrons. The highest BCUT2D eigenvalue weighted by molar-refractivity contribution is 7.80. The van der Waals surface area contributed by atoms with Crippen LogP contribution in [-0.2, 0) is 0 Å². The van der Waals surface area contributed by atoms with Crippen molar-refractivity contribution < 1.29 is 0 Å². The van der Waals surface area contributed by atoms with Crippen molar-refractivity contribution in [2.24, 2.45) is 5.73 Å². The van der Waals surface area contributed by atoms with Gasteiger partial charge in [0.1, 0.15) is 4.99 Å². The van der Waals surface area contributed by atoms with Crippen LogP contribution in [0.2, 0.25) is 0 Å². The summed E-state index contributed by atoms with van der Waals surface area (Å²) in [5.74, 6) is 0.586. The summed E-state index contributed by atoms with van der Waals surface area (Å²) in [6.45, 7) is 4.07. The number of nitrogens with zero attached hydrogens (tertiary/aromatic N) is 2. The van der Waals surface area contributed by atoms with Crippen molar-refractivity contribution in [2.45, 2.75) is 13.8 Å². The number of thiocarbonyl (C=S) groups is 1. The number of benzene rings is 1. The number of para-hydroxylation sites is 1. The van der Waals surface area contributed by atoms with Crippen molar-refractivity contribution >= 4 is 28.7 Å². The van der Waals surface area contributed by atoms with Crippen LogP contribution in [-0.4, -0.2) is 15.2 Å². The Bertz CT molecular complexity index is 575. The van der Waals surface area contributed by atoms with Gasteiger partial charge in [-0.05, 0) is 31.0 Å². The minimum Gasteiger partial charge on any atom is -0.389 e. The third-order valence-electron chi connectivity index (χ3n) is 2.71. The van der Waals surface area contributed by atoms with Crippen LogP contribution in [0.4, 0.5) is 11.5 Å². The summed E-state index contributed by atoms with van der Waals surface area (Å²) in [6, 6.07) is 7.84. The average Bonchev–Trinajstić information content (AvgIpc) is 2.34. The standard InChI is InChI=1S/C13H14N4S/c1-8-4-3-5-9(2)11(8)16-13-10(12(14)18)6-7-15-17-13/h3-7H,1-2H3,(H2,14,18)(H,16,17). The molecule has 1 aromatic heterocycles. The summed E-state index contributed by atoms with van der Waals surface area (Å²) < 4.78 is 0. The molecule has 0 saturated carbocycles. The number of hydrogen-bond donors (Lipinski definition) is 2. The van der Waals surface area contributed by atoms with Gasteiger partial charge in [-0.15, -0.1) is 5.10 Å². The van der Waals surface area contributed by atoms with Gasteiger partial charge in [-0.1, -0.05) is 30.4 Å². The smallest absolute Gasteiger partial charge is 0.163 e. The summed E-state index contributed by atoms with van der Waals surface area (Å²) in [4.78, 5) is 0.304. The molecule has 1 heterocycles. The third kappa shape index (κ3) is 2.46. The van der Waals surface area contributed by atoms with Crippen molar-refractivity contribution in [1.29, 1.82) is 0 Å². The lowest BCUT2D eigenvalue weighted by Crippen LogP contribution is -2.14. The minimum atomic E-state index is 0.304. The van der Waals surface area contributed by atoms with Crippen LogP contribution in [0.15, 0.2) is 30.5 Å². The number of nitrogens with two attached hydrogens (primary N) is 1. The van der Waals surface area contributed by atoms with Gasteiger partial charge in [-0.3, -0.25) is 0 Å². The van der Waals surface area contributed by atoms with Gasteiger partial charge in [0.05, 0.1) is 11.8 Å². The van der Waals surface area contributed by atoms with E-state index in [0.29, 0.717) is 16.4 Å². The molecular formula is C13H14N4S. The van der Waals surface area contributed by atoms with Gasteiger partial charge in [0.25, 0.3) is 0 Å². The van der Waals surface area contributed by atoms with Gasteiger partial charge in [0, 0.05) is 5.69 Å². The van der Waals surface area contributed by atoms with E-state index in [2.05, 4.69) is 15.5 Å². The molecule has 0 amide bonds. The van der Waals surface area contributed by atoms with Gasteiger partial charge in [-0.25, -0.2) is 0 Å². The van der Waals surface area contributed by atoms with Crippen LogP contribution >= 0.6 is 12.2 Å². The molecular weight excluding hydrogens is 244 g/mol. The first-order valence-corrected chi connectivity index (χ1v) is 5.95. The molecule has 3 N–H and O–H groups in total. The first-order valence-electron chi connectivity index (χ1n) is 5.54. The van der Waals surface area contributed by atoms with E-state index in [4.69, 9.17) is 18.0 Å². The van der Waals surface area contributed by atoms with Crippen LogP contribution in [0.3, 0.4) is 0 Å². The zero-order valence-electron chi connectivity index (χ0n) is 10.3. The largest absolute Gasteiger partial charge is 0.389 e. The van der Waals surface area contributed by atoms with Crippen LogP contribution in [0, 0.1) is 13.8 Å². The highest BCUT2D eigenvalue weighted by Crippen LogP contribution is 2.24. The molecule has 0 aliphatic heterocycles. The number of hydrogen-bond acceptors (Lipinski definition) is 4. The van der Waals surface area contributed by atoms with E-state index in [1.54, 1.807) is 12.3 Å². The Morgan fingerprint density at radius 2 is 1.89 bits per heavy atom. The maximum Gasteiger partial charge on any atom is 0.163 e. The van der Waals surface area contributed by atoms with Crippen molar-refractivity contribution in [3.8, 4) is 0 Å². The SMILES string of the molecule is Cc1cccc(C)c1Nc1nnccc1C(N)=S.